The largest absolute Gasteiger partial charge is 0.449 e. The zero-order valence-electron chi connectivity index (χ0n) is 14.3. The predicted molar refractivity (Wildman–Crippen MR) is 96.6 cm³/mol. The second-order valence-corrected chi connectivity index (χ2v) is 6.70. The molecule has 2 atom stereocenters. The number of amides is 1. The monoisotopic (exact) mass is 375 g/mol. The molecule has 0 radical (unpaired) electrons. The highest BCUT2D eigenvalue weighted by Crippen LogP contribution is 2.29. The average molecular weight is 376 g/mol. The highest BCUT2D eigenvalue weighted by atomic mass is 35.5. The van der Waals surface area contributed by atoms with Crippen LogP contribution in [-0.2, 0) is 16.0 Å². The van der Waals surface area contributed by atoms with Crippen LogP contribution in [0.4, 0.5) is 4.39 Å². The van der Waals surface area contributed by atoms with Crippen molar-refractivity contribution < 1.29 is 18.7 Å². The van der Waals surface area contributed by atoms with E-state index in [9.17, 15) is 14.0 Å². The summed E-state index contributed by atoms with van der Waals surface area (Å²) in [6.45, 7) is 1.46. The van der Waals surface area contributed by atoms with Gasteiger partial charge in [-0.15, -0.1) is 0 Å². The van der Waals surface area contributed by atoms with Crippen molar-refractivity contribution in [3.63, 3.8) is 0 Å². The molecule has 1 aliphatic rings. The Labute approximate surface area is 156 Å². The standard InChI is InChI=1S/C20H19ClFNO3/c1-12(26-20(25)18-15(21)9-5-10-16(18)22)19(24)23-17-11-4-7-13-6-2-3-8-14(13)17/h2-3,5-6,8-10,12,17H,4,7,11H2,1H3,(H,23,24)/t12-,17+/m1/s1. The predicted octanol–water partition coefficient (Wildman–Crippen LogP) is 4.22. The quantitative estimate of drug-likeness (QED) is 0.814. The van der Waals surface area contributed by atoms with Crippen LogP contribution in [0.25, 0.3) is 0 Å². The van der Waals surface area contributed by atoms with Gasteiger partial charge in [0.05, 0.1) is 11.1 Å². The normalized spacial score (nSPS) is 17.1. The third-order valence-electron chi connectivity index (χ3n) is 4.51. The number of nitrogens with one attached hydrogen (secondary N) is 1. The summed E-state index contributed by atoms with van der Waals surface area (Å²) in [7, 11) is 0. The van der Waals surface area contributed by atoms with Gasteiger partial charge >= 0.3 is 5.97 Å². The van der Waals surface area contributed by atoms with Crippen LogP contribution in [0.15, 0.2) is 42.5 Å². The third kappa shape index (κ3) is 3.88. The summed E-state index contributed by atoms with van der Waals surface area (Å²) in [5.74, 6) is -2.16. The lowest BCUT2D eigenvalue weighted by atomic mass is 9.87. The smallest absolute Gasteiger partial charge is 0.343 e. The van der Waals surface area contributed by atoms with E-state index in [1.165, 1.54) is 24.6 Å². The molecule has 0 unspecified atom stereocenters. The van der Waals surface area contributed by atoms with E-state index in [0.29, 0.717) is 0 Å². The molecular weight excluding hydrogens is 357 g/mol. The molecule has 1 N–H and O–H groups in total. The van der Waals surface area contributed by atoms with Crippen molar-refractivity contribution in [3.05, 3.63) is 70.0 Å². The first kappa shape index (κ1) is 18.4. The van der Waals surface area contributed by atoms with Gasteiger partial charge in [0.1, 0.15) is 11.4 Å². The molecule has 136 valence electrons. The maximum Gasteiger partial charge on any atom is 0.343 e. The minimum absolute atomic E-state index is 0.0520. The van der Waals surface area contributed by atoms with E-state index in [1.807, 2.05) is 18.2 Å². The van der Waals surface area contributed by atoms with E-state index >= 15 is 0 Å². The van der Waals surface area contributed by atoms with Gasteiger partial charge in [-0.3, -0.25) is 4.79 Å². The molecule has 4 nitrogen and oxygen atoms in total. The van der Waals surface area contributed by atoms with E-state index in [2.05, 4.69) is 11.4 Å². The summed E-state index contributed by atoms with van der Waals surface area (Å²) in [4.78, 5) is 24.6. The van der Waals surface area contributed by atoms with Gasteiger partial charge in [0.2, 0.25) is 0 Å². The Morgan fingerprint density at radius 2 is 2.00 bits per heavy atom. The number of fused-ring (bicyclic) bond motifs is 1. The van der Waals surface area contributed by atoms with Crippen LogP contribution in [0.1, 0.15) is 47.3 Å². The summed E-state index contributed by atoms with van der Waals surface area (Å²) in [5, 5.41) is 2.87. The fourth-order valence-corrected chi connectivity index (χ4v) is 3.40. The van der Waals surface area contributed by atoms with Crippen LogP contribution < -0.4 is 5.32 Å². The molecule has 0 bridgehead atoms. The van der Waals surface area contributed by atoms with Gasteiger partial charge in [-0.05, 0) is 49.4 Å². The summed E-state index contributed by atoms with van der Waals surface area (Å²) in [6, 6.07) is 11.7. The zero-order valence-corrected chi connectivity index (χ0v) is 15.1. The molecule has 0 aromatic heterocycles. The molecule has 26 heavy (non-hydrogen) atoms. The van der Waals surface area contributed by atoms with Crippen molar-refractivity contribution in [1.82, 2.24) is 5.32 Å². The summed E-state index contributed by atoms with van der Waals surface area (Å²) < 4.78 is 18.9. The number of carbonyl (C=O) groups excluding carboxylic acids is 2. The first-order chi connectivity index (χ1) is 12.5. The summed E-state index contributed by atoms with van der Waals surface area (Å²) >= 11 is 5.86. The van der Waals surface area contributed by atoms with Crippen LogP contribution in [-0.4, -0.2) is 18.0 Å². The maximum atomic E-state index is 13.8. The molecule has 0 fully saturated rings. The third-order valence-corrected chi connectivity index (χ3v) is 4.82. The Morgan fingerprint density at radius 1 is 1.23 bits per heavy atom. The van der Waals surface area contributed by atoms with Crippen molar-refractivity contribution in [2.24, 2.45) is 0 Å². The number of rotatable bonds is 4. The number of hydrogen-bond acceptors (Lipinski definition) is 3. The Hall–Kier alpha value is -2.40. The van der Waals surface area contributed by atoms with E-state index in [0.717, 1.165) is 30.9 Å². The molecule has 0 spiro atoms. The fraction of sp³-hybridized carbons (Fsp3) is 0.300. The Bertz CT molecular complexity index is 819. The second kappa shape index (κ2) is 7.87. The Morgan fingerprint density at radius 3 is 2.77 bits per heavy atom. The SMILES string of the molecule is C[C@@H](OC(=O)c1c(F)cccc1Cl)C(=O)N[C@H]1CCCc2ccccc21. The van der Waals surface area contributed by atoms with E-state index in [1.54, 1.807) is 0 Å². The van der Waals surface area contributed by atoms with E-state index in [4.69, 9.17) is 16.3 Å². The molecule has 2 aromatic rings. The molecule has 2 aromatic carbocycles. The molecule has 1 aliphatic carbocycles. The molecular formula is C20H19ClFNO3. The minimum Gasteiger partial charge on any atom is -0.449 e. The summed E-state index contributed by atoms with van der Waals surface area (Å²) in [5.41, 5.74) is 1.94. The molecule has 0 saturated carbocycles. The van der Waals surface area contributed by atoms with Gasteiger partial charge in [-0.25, -0.2) is 9.18 Å². The van der Waals surface area contributed by atoms with Crippen molar-refractivity contribution in [2.45, 2.75) is 38.3 Å². The van der Waals surface area contributed by atoms with Gasteiger partial charge < -0.3 is 10.1 Å². The highest BCUT2D eigenvalue weighted by molar-refractivity contribution is 6.33. The van der Waals surface area contributed by atoms with Crippen LogP contribution in [0.5, 0.6) is 0 Å². The van der Waals surface area contributed by atoms with Crippen molar-refractivity contribution in [1.29, 1.82) is 0 Å². The van der Waals surface area contributed by atoms with Gasteiger partial charge in [0.15, 0.2) is 6.10 Å². The molecule has 0 aliphatic heterocycles. The number of hydrogen-bond donors (Lipinski definition) is 1. The number of carbonyl (C=O) groups is 2. The molecule has 0 heterocycles. The lowest BCUT2D eigenvalue weighted by Crippen LogP contribution is -2.39. The molecule has 6 heteroatoms. The lowest BCUT2D eigenvalue weighted by Gasteiger charge is -2.27. The topological polar surface area (TPSA) is 55.4 Å². The number of aryl methyl sites for hydroxylation is 1. The number of esters is 1. The first-order valence-corrected chi connectivity index (χ1v) is 8.88. The fourth-order valence-electron chi connectivity index (χ4n) is 3.16. The Kier molecular flexibility index (Phi) is 5.57. The lowest BCUT2D eigenvalue weighted by molar-refractivity contribution is -0.130. The zero-order chi connectivity index (χ0) is 18.7. The molecule has 3 rings (SSSR count). The van der Waals surface area contributed by atoms with Gasteiger partial charge in [-0.2, -0.15) is 0 Å². The molecule has 0 saturated heterocycles. The van der Waals surface area contributed by atoms with Crippen molar-refractivity contribution in [3.8, 4) is 0 Å². The van der Waals surface area contributed by atoms with E-state index < -0.39 is 23.8 Å². The van der Waals surface area contributed by atoms with Crippen molar-refractivity contribution in [2.75, 3.05) is 0 Å². The van der Waals surface area contributed by atoms with Crippen LogP contribution >= 0.6 is 11.6 Å². The minimum atomic E-state index is -1.06. The van der Waals surface area contributed by atoms with Crippen LogP contribution in [0.2, 0.25) is 5.02 Å². The van der Waals surface area contributed by atoms with Gasteiger partial charge in [-0.1, -0.05) is 41.9 Å². The first-order valence-electron chi connectivity index (χ1n) is 8.50. The maximum absolute atomic E-state index is 13.8. The Balaban J connectivity index is 1.67. The number of ether oxygens (including phenoxy) is 1. The van der Waals surface area contributed by atoms with Gasteiger partial charge in [0.25, 0.3) is 5.91 Å². The van der Waals surface area contributed by atoms with Gasteiger partial charge in [0, 0.05) is 0 Å². The number of halogens is 2. The van der Waals surface area contributed by atoms with E-state index in [-0.39, 0.29) is 16.6 Å². The van der Waals surface area contributed by atoms with Crippen molar-refractivity contribution >= 4 is 23.5 Å². The second-order valence-electron chi connectivity index (χ2n) is 6.30. The van der Waals surface area contributed by atoms with Crippen LogP contribution in [0, 0.1) is 5.82 Å². The highest BCUT2D eigenvalue weighted by Gasteiger charge is 2.27. The average Bonchev–Trinajstić information content (AvgIpc) is 2.61. The van der Waals surface area contributed by atoms with Crippen LogP contribution in [0.3, 0.4) is 0 Å². The number of benzene rings is 2. The molecule has 1 amide bonds. The summed E-state index contributed by atoms with van der Waals surface area (Å²) in [6.07, 6.45) is 1.72.